The van der Waals surface area contributed by atoms with Crippen molar-refractivity contribution in [3.8, 4) is 0 Å². The quantitative estimate of drug-likeness (QED) is 0.609. The Hall–Kier alpha value is -0.440. The lowest BCUT2D eigenvalue weighted by molar-refractivity contribution is -0.0461. The van der Waals surface area contributed by atoms with Crippen molar-refractivity contribution in [3.63, 3.8) is 0 Å². The second kappa shape index (κ2) is 2.80. The van der Waals surface area contributed by atoms with Gasteiger partial charge < -0.3 is 5.73 Å². The summed E-state index contributed by atoms with van der Waals surface area (Å²) in [7, 11) is 0. The van der Waals surface area contributed by atoms with Crippen molar-refractivity contribution in [3.05, 3.63) is 12.2 Å². The van der Waals surface area contributed by atoms with Gasteiger partial charge in [0.2, 0.25) is 5.92 Å². The predicted octanol–water partition coefficient (Wildman–Crippen LogP) is 2.47. The van der Waals surface area contributed by atoms with E-state index >= 15 is 0 Å². The molecule has 1 aliphatic carbocycles. The monoisotopic (exact) mass is 175 g/mol. The highest BCUT2D eigenvalue weighted by molar-refractivity contribution is 5.14. The number of alkyl halides is 2. The molecular formula is C9H15F2N. The standard InChI is InChI=1S/C9H15F2N/c1-7(2)8(12)3-5-9(10,11)6-4-8/h1,3-6,12H2,2H3. The first kappa shape index (κ1) is 9.65. The zero-order valence-corrected chi connectivity index (χ0v) is 7.37. The molecule has 0 radical (unpaired) electrons. The van der Waals surface area contributed by atoms with Crippen LogP contribution in [0.4, 0.5) is 8.78 Å². The lowest BCUT2D eigenvalue weighted by Crippen LogP contribution is -2.46. The summed E-state index contributed by atoms with van der Waals surface area (Å²) in [6.45, 7) is 5.54. The van der Waals surface area contributed by atoms with Crippen LogP contribution < -0.4 is 5.73 Å². The van der Waals surface area contributed by atoms with E-state index < -0.39 is 11.5 Å². The topological polar surface area (TPSA) is 26.0 Å². The van der Waals surface area contributed by atoms with E-state index in [1.54, 1.807) is 0 Å². The van der Waals surface area contributed by atoms with Gasteiger partial charge in [-0.15, -0.1) is 0 Å². The van der Waals surface area contributed by atoms with Crippen LogP contribution in [-0.4, -0.2) is 11.5 Å². The Labute approximate surface area is 71.6 Å². The van der Waals surface area contributed by atoms with Gasteiger partial charge >= 0.3 is 0 Å². The molecular weight excluding hydrogens is 160 g/mol. The molecule has 70 valence electrons. The third-order valence-electron chi connectivity index (χ3n) is 2.72. The van der Waals surface area contributed by atoms with Crippen molar-refractivity contribution in [2.24, 2.45) is 5.73 Å². The molecule has 0 aromatic heterocycles. The maximum Gasteiger partial charge on any atom is 0.248 e. The molecule has 0 bridgehead atoms. The maximum absolute atomic E-state index is 12.7. The number of rotatable bonds is 1. The maximum atomic E-state index is 12.7. The SMILES string of the molecule is C=C(C)C1(N)CCC(F)(F)CC1. The van der Waals surface area contributed by atoms with Crippen molar-refractivity contribution >= 4 is 0 Å². The van der Waals surface area contributed by atoms with Crippen LogP contribution >= 0.6 is 0 Å². The first-order valence-corrected chi connectivity index (χ1v) is 4.18. The van der Waals surface area contributed by atoms with E-state index in [-0.39, 0.29) is 12.8 Å². The lowest BCUT2D eigenvalue weighted by atomic mass is 9.77. The zero-order chi connectivity index (χ0) is 9.41. The van der Waals surface area contributed by atoms with Gasteiger partial charge in [-0.25, -0.2) is 8.78 Å². The molecule has 3 heteroatoms. The normalized spacial score (nSPS) is 26.7. The molecule has 12 heavy (non-hydrogen) atoms. The highest BCUT2D eigenvalue weighted by Crippen LogP contribution is 2.39. The Bertz CT molecular complexity index is 189. The summed E-state index contributed by atoms with van der Waals surface area (Å²) in [5.41, 5.74) is 6.17. The summed E-state index contributed by atoms with van der Waals surface area (Å²) in [5.74, 6) is -2.50. The third kappa shape index (κ3) is 1.83. The van der Waals surface area contributed by atoms with Crippen LogP contribution in [0.15, 0.2) is 12.2 Å². The fourth-order valence-electron chi connectivity index (χ4n) is 1.49. The molecule has 0 aromatic carbocycles. The molecule has 0 atom stereocenters. The summed E-state index contributed by atoms with van der Waals surface area (Å²) in [6, 6.07) is 0. The highest BCUT2D eigenvalue weighted by Gasteiger charge is 2.41. The molecule has 0 heterocycles. The van der Waals surface area contributed by atoms with E-state index in [1.807, 2.05) is 6.92 Å². The molecule has 0 aromatic rings. The molecule has 1 rings (SSSR count). The van der Waals surface area contributed by atoms with E-state index in [1.165, 1.54) is 0 Å². The number of halogens is 2. The fourth-order valence-corrected chi connectivity index (χ4v) is 1.49. The van der Waals surface area contributed by atoms with E-state index in [4.69, 9.17) is 5.73 Å². The van der Waals surface area contributed by atoms with Crippen LogP contribution in [0, 0.1) is 0 Å². The zero-order valence-electron chi connectivity index (χ0n) is 7.37. The molecule has 0 spiro atoms. The average molecular weight is 175 g/mol. The summed E-state index contributed by atoms with van der Waals surface area (Å²) in [4.78, 5) is 0. The van der Waals surface area contributed by atoms with E-state index in [0.717, 1.165) is 5.57 Å². The second-order valence-electron chi connectivity index (χ2n) is 3.79. The van der Waals surface area contributed by atoms with Gasteiger partial charge in [-0.3, -0.25) is 0 Å². The van der Waals surface area contributed by atoms with Gasteiger partial charge in [0, 0.05) is 18.4 Å². The van der Waals surface area contributed by atoms with Gasteiger partial charge in [-0.05, 0) is 19.8 Å². The third-order valence-corrected chi connectivity index (χ3v) is 2.72. The summed E-state index contributed by atoms with van der Waals surface area (Å²) >= 11 is 0. The molecule has 2 N–H and O–H groups in total. The molecule has 0 amide bonds. The van der Waals surface area contributed by atoms with Crippen LogP contribution in [0.5, 0.6) is 0 Å². The van der Waals surface area contributed by atoms with E-state index in [2.05, 4.69) is 6.58 Å². The second-order valence-corrected chi connectivity index (χ2v) is 3.79. The van der Waals surface area contributed by atoms with E-state index in [0.29, 0.717) is 12.8 Å². The number of hydrogen-bond donors (Lipinski definition) is 1. The minimum Gasteiger partial charge on any atom is -0.322 e. The molecule has 0 aliphatic heterocycles. The van der Waals surface area contributed by atoms with E-state index in [9.17, 15) is 8.78 Å². The first-order valence-electron chi connectivity index (χ1n) is 4.18. The first-order chi connectivity index (χ1) is 5.36. The van der Waals surface area contributed by atoms with Crippen LogP contribution in [0.3, 0.4) is 0 Å². The van der Waals surface area contributed by atoms with Gasteiger partial charge in [-0.1, -0.05) is 12.2 Å². The number of nitrogens with two attached hydrogens (primary N) is 1. The van der Waals surface area contributed by atoms with Crippen LogP contribution in [0.25, 0.3) is 0 Å². The molecule has 1 nitrogen and oxygen atoms in total. The predicted molar refractivity (Wildman–Crippen MR) is 45.1 cm³/mol. The largest absolute Gasteiger partial charge is 0.322 e. The minimum atomic E-state index is -2.50. The van der Waals surface area contributed by atoms with Crippen molar-refractivity contribution in [1.82, 2.24) is 0 Å². The Balaban J connectivity index is 2.62. The van der Waals surface area contributed by atoms with Crippen molar-refractivity contribution in [2.75, 3.05) is 0 Å². The van der Waals surface area contributed by atoms with Gasteiger partial charge in [0.05, 0.1) is 0 Å². The summed E-state index contributed by atoms with van der Waals surface area (Å²) < 4.78 is 25.5. The summed E-state index contributed by atoms with van der Waals surface area (Å²) in [6.07, 6.45) is 0.511. The Morgan fingerprint density at radius 2 is 1.67 bits per heavy atom. The Morgan fingerprint density at radius 3 is 2.00 bits per heavy atom. The summed E-state index contributed by atoms with van der Waals surface area (Å²) in [5, 5.41) is 0. The molecule has 1 saturated carbocycles. The molecule has 1 aliphatic rings. The van der Waals surface area contributed by atoms with Gasteiger partial charge in [-0.2, -0.15) is 0 Å². The number of hydrogen-bond acceptors (Lipinski definition) is 1. The lowest BCUT2D eigenvalue weighted by Gasteiger charge is -2.37. The fraction of sp³-hybridized carbons (Fsp3) is 0.778. The average Bonchev–Trinajstić information content (AvgIpc) is 1.96. The van der Waals surface area contributed by atoms with Gasteiger partial charge in [0.1, 0.15) is 0 Å². The molecule has 1 fully saturated rings. The van der Waals surface area contributed by atoms with Crippen LogP contribution in [0.1, 0.15) is 32.6 Å². The minimum absolute atomic E-state index is 0.101. The Kier molecular flexibility index (Phi) is 2.25. The van der Waals surface area contributed by atoms with Crippen LogP contribution in [0.2, 0.25) is 0 Å². The van der Waals surface area contributed by atoms with Crippen molar-refractivity contribution in [1.29, 1.82) is 0 Å². The Morgan fingerprint density at radius 1 is 1.25 bits per heavy atom. The van der Waals surface area contributed by atoms with Crippen LogP contribution in [-0.2, 0) is 0 Å². The highest BCUT2D eigenvalue weighted by atomic mass is 19.3. The van der Waals surface area contributed by atoms with Gasteiger partial charge in [0.25, 0.3) is 0 Å². The van der Waals surface area contributed by atoms with Crippen molar-refractivity contribution in [2.45, 2.75) is 44.1 Å². The molecule has 0 saturated heterocycles. The molecule has 0 unspecified atom stereocenters. The van der Waals surface area contributed by atoms with Crippen molar-refractivity contribution < 1.29 is 8.78 Å². The smallest absolute Gasteiger partial charge is 0.248 e. The van der Waals surface area contributed by atoms with Gasteiger partial charge in [0.15, 0.2) is 0 Å².